The van der Waals surface area contributed by atoms with Crippen molar-refractivity contribution in [2.24, 2.45) is 0 Å². The zero-order chi connectivity index (χ0) is 9.68. The van der Waals surface area contributed by atoms with E-state index in [1.807, 2.05) is 0 Å². The quantitative estimate of drug-likeness (QED) is 0.604. The molecule has 0 aliphatic rings. The molecule has 1 heterocycles. The molecular weight excluding hydrogens is 200 g/mol. The van der Waals surface area contributed by atoms with Crippen LogP contribution in [-0.2, 0) is 0 Å². The Kier molecular flexibility index (Phi) is 4.77. The van der Waals surface area contributed by atoms with Gasteiger partial charge in [0.1, 0.15) is 0 Å². The number of aryl methyl sites for hydroxylation is 2. The van der Waals surface area contributed by atoms with E-state index in [9.17, 15) is 0 Å². The molecule has 0 saturated heterocycles. The molecule has 0 atom stereocenters. The van der Waals surface area contributed by atoms with Crippen molar-refractivity contribution >= 4 is 23.3 Å². The molecule has 1 rings (SSSR count). The van der Waals surface area contributed by atoms with Crippen molar-refractivity contribution in [3.05, 3.63) is 10.6 Å². The van der Waals surface area contributed by atoms with Gasteiger partial charge in [-0.2, -0.15) is 0 Å². The fourth-order valence-electron chi connectivity index (χ4n) is 0.849. The molecule has 0 spiro atoms. The van der Waals surface area contributed by atoms with Crippen LogP contribution < -0.4 is 4.72 Å². The maximum atomic E-state index is 4.43. The van der Waals surface area contributed by atoms with Crippen LogP contribution in [-0.4, -0.2) is 11.5 Å². The van der Waals surface area contributed by atoms with Gasteiger partial charge in [-0.15, -0.1) is 11.3 Å². The van der Waals surface area contributed by atoms with E-state index in [0.29, 0.717) is 0 Å². The average molecular weight is 216 g/mol. The van der Waals surface area contributed by atoms with E-state index in [4.69, 9.17) is 0 Å². The van der Waals surface area contributed by atoms with E-state index in [-0.39, 0.29) is 0 Å². The fraction of sp³-hybridized carbons (Fsp3) is 0.667. The zero-order valence-electron chi connectivity index (χ0n) is 8.39. The first-order chi connectivity index (χ1) is 6.24. The first-order valence-electron chi connectivity index (χ1n) is 4.57. The summed E-state index contributed by atoms with van der Waals surface area (Å²) in [5.74, 6) is 0. The minimum Gasteiger partial charge on any atom is -0.258 e. The molecular formula is C9H16N2S2. The number of hydrogen-bond acceptors (Lipinski definition) is 4. The molecule has 74 valence electrons. The SMILES string of the molecule is CCCCNSc1nc(C)c(C)s1. The number of nitrogens with one attached hydrogen (secondary N) is 1. The van der Waals surface area contributed by atoms with Crippen molar-refractivity contribution < 1.29 is 0 Å². The van der Waals surface area contributed by atoms with E-state index in [0.717, 1.165) is 16.6 Å². The van der Waals surface area contributed by atoms with E-state index in [1.165, 1.54) is 17.7 Å². The van der Waals surface area contributed by atoms with Crippen LogP contribution in [0.25, 0.3) is 0 Å². The Morgan fingerprint density at radius 2 is 2.23 bits per heavy atom. The molecule has 2 nitrogen and oxygen atoms in total. The zero-order valence-corrected chi connectivity index (χ0v) is 10.0. The summed E-state index contributed by atoms with van der Waals surface area (Å²) in [4.78, 5) is 5.75. The number of thiazole rings is 1. The van der Waals surface area contributed by atoms with Crippen molar-refractivity contribution in [1.82, 2.24) is 9.71 Å². The van der Waals surface area contributed by atoms with Gasteiger partial charge in [-0.05, 0) is 32.2 Å². The second-order valence-electron chi connectivity index (χ2n) is 2.97. The van der Waals surface area contributed by atoms with E-state index < -0.39 is 0 Å². The van der Waals surface area contributed by atoms with Crippen LogP contribution in [0.15, 0.2) is 4.34 Å². The normalized spacial score (nSPS) is 10.7. The number of aromatic nitrogens is 1. The minimum absolute atomic E-state index is 1.07. The average Bonchev–Trinajstić information content (AvgIpc) is 2.41. The second-order valence-corrected chi connectivity index (χ2v) is 5.31. The number of nitrogens with zero attached hydrogens (tertiary/aromatic N) is 1. The summed E-state index contributed by atoms with van der Waals surface area (Å²) in [5.41, 5.74) is 1.16. The largest absolute Gasteiger partial charge is 0.258 e. The number of rotatable bonds is 5. The maximum absolute atomic E-state index is 4.43. The minimum atomic E-state index is 1.07. The Bertz CT molecular complexity index is 239. The summed E-state index contributed by atoms with van der Waals surface area (Å²) in [6.45, 7) is 7.44. The van der Waals surface area contributed by atoms with E-state index in [2.05, 4.69) is 30.5 Å². The molecule has 0 aromatic carbocycles. The van der Waals surface area contributed by atoms with Crippen LogP contribution in [0, 0.1) is 13.8 Å². The summed E-state index contributed by atoms with van der Waals surface area (Å²) in [5, 5.41) is 0. The molecule has 1 aromatic heterocycles. The van der Waals surface area contributed by atoms with Crippen LogP contribution in [0.5, 0.6) is 0 Å². The predicted molar refractivity (Wildman–Crippen MR) is 60.4 cm³/mol. The predicted octanol–water partition coefficient (Wildman–Crippen LogP) is 3.16. The molecule has 0 aliphatic heterocycles. The standard InChI is InChI=1S/C9H16N2S2/c1-4-5-6-10-13-9-11-7(2)8(3)12-9/h10H,4-6H2,1-3H3. The maximum Gasteiger partial charge on any atom is 0.165 e. The van der Waals surface area contributed by atoms with Gasteiger partial charge in [-0.25, -0.2) is 4.98 Å². The third kappa shape index (κ3) is 3.67. The third-order valence-electron chi connectivity index (χ3n) is 1.80. The van der Waals surface area contributed by atoms with Crippen molar-refractivity contribution in [3.8, 4) is 0 Å². The Labute approximate surface area is 88.3 Å². The highest BCUT2D eigenvalue weighted by Gasteiger charge is 2.02. The molecule has 0 bridgehead atoms. The summed E-state index contributed by atoms with van der Waals surface area (Å²) >= 11 is 3.41. The highest BCUT2D eigenvalue weighted by Crippen LogP contribution is 2.24. The molecule has 0 radical (unpaired) electrons. The lowest BCUT2D eigenvalue weighted by Gasteiger charge is -1.97. The molecule has 1 N–H and O–H groups in total. The first kappa shape index (κ1) is 11.0. The Balaban J connectivity index is 2.29. The molecule has 0 aliphatic carbocycles. The molecule has 4 heteroatoms. The van der Waals surface area contributed by atoms with Gasteiger partial charge in [0.15, 0.2) is 4.34 Å². The monoisotopic (exact) mass is 216 g/mol. The van der Waals surface area contributed by atoms with Gasteiger partial charge in [0.05, 0.1) is 5.69 Å². The summed E-state index contributed by atoms with van der Waals surface area (Å²) < 4.78 is 4.44. The molecule has 0 fully saturated rings. The topological polar surface area (TPSA) is 24.9 Å². The van der Waals surface area contributed by atoms with Crippen molar-refractivity contribution in [2.45, 2.75) is 38.0 Å². The second kappa shape index (κ2) is 5.62. The van der Waals surface area contributed by atoms with Crippen molar-refractivity contribution in [3.63, 3.8) is 0 Å². The Morgan fingerprint density at radius 3 is 2.77 bits per heavy atom. The Morgan fingerprint density at radius 1 is 1.46 bits per heavy atom. The fourth-order valence-corrected chi connectivity index (χ4v) is 2.76. The van der Waals surface area contributed by atoms with Crippen LogP contribution in [0.4, 0.5) is 0 Å². The van der Waals surface area contributed by atoms with Gasteiger partial charge in [-0.1, -0.05) is 13.3 Å². The van der Waals surface area contributed by atoms with Crippen LogP contribution in [0.1, 0.15) is 30.3 Å². The molecule has 0 unspecified atom stereocenters. The summed E-state index contributed by atoms with van der Waals surface area (Å²) in [6.07, 6.45) is 2.47. The number of unbranched alkanes of at least 4 members (excludes halogenated alkanes) is 1. The number of hydrogen-bond donors (Lipinski definition) is 1. The highest BCUT2D eigenvalue weighted by atomic mass is 32.2. The van der Waals surface area contributed by atoms with E-state index in [1.54, 1.807) is 23.3 Å². The first-order valence-corrected chi connectivity index (χ1v) is 6.21. The smallest absolute Gasteiger partial charge is 0.165 e. The highest BCUT2D eigenvalue weighted by molar-refractivity contribution is 7.99. The lowest BCUT2D eigenvalue weighted by atomic mass is 10.3. The molecule has 0 saturated carbocycles. The van der Waals surface area contributed by atoms with Crippen LogP contribution in [0.2, 0.25) is 0 Å². The lowest BCUT2D eigenvalue weighted by molar-refractivity contribution is 0.776. The van der Waals surface area contributed by atoms with Gasteiger partial charge in [0, 0.05) is 11.4 Å². The molecule has 13 heavy (non-hydrogen) atoms. The van der Waals surface area contributed by atoms with Crippen LogP contribution >= 0.6 is 23.3 Å². The lowest BCUT2D eigenvalue weighted by Crippen LogP contribution is -2.04. The molecule has 1 aromatic rings. The van der Waals surface area contributed by atoms with Gasteiger partial charge in [0.2, 0.25) is 0 Å². The van der Waals surface area contributed by atoms with Crippen LogP contribution in [0.3, 0.4) is 0 Å². The van der Waals surface area contributed by atoms with Gasteiger partial charge in [0.25, 0.3) is 0 Å². The Hall–Kier alpha value is -0.0600. The van der Waals surface area contributed by atoms with Gasteiger partial charge < -0.3 is 0 Å². The van der Waals surface area contributed by atoms with Gasteiger partial charge in [-0.3, -0.25) is 4.72 Å². The van der Waals surface area contributed by atoms with Crippen molar-refractivity contribution in [2.75, 3.05) is 6.54 Å². The molecule has 0 amide bonds. The summed E-state index contributed by atoms with van der Waals surface area (Å²) in [6, 6.07) is 0. The van der Waals surface area contributed by atoms with Gasteiger partial charge >= 0.3 is 0 Å². The van der Waals surface area contributed by atoms with E-state index >= 15 is 0 Å². The van der Waals surface area contributed by atoms with Crippen molar-refractivity contribution in [1.29, 1.82) is 0 Å². The summed E-state index contributed by atoms with van der Waals surface area (Å²) in [7, 11) is 0. The third-order valence-corrected chi connectivity index (χ3v) is 3.78.